The summed E-state index contributed by atoms with van der Waals surface area (Å²) in [6, 6.07) is 2.63. The van der Waals surface area contributed by atoms with Crippen molar-refractivity contribution >= 4 is 16.7 Å². The van der Waals surface area contributed by atoms with Crippen LogP contribution in [0.3, 0.4) is 0 Å². The van der Waals surface area contributed by atoms with Crippen molar-refractivity contribution in [1.82, 2.24) is 15.0 Å². The fourth-order valence-electron chi connectivity index (χ4n) is 3.40. The minimum atomic E-state index is 0.548. The second-order valence-electron chi connectivity index (χ2n) is 5.75. The molecule has 1 unspecified atom stereocenters. The van der Waals surface area contributed by atoms with Crippen molar-refractivity contribution in [2.75, 3.05) is 11.4 Å². The quantitative estimate of drug-likeness (QED) is 0.688. The van der Waals surface area contributed by atoms with Crippen LogP contribution in [0.15, 0.2) is 18.2 Å². The fourth-order valence-corrected chi connectivity index (χ4v) is 3.40. The van der Waals surface area contributed by atoms with Gasteiger partial charge in [0.2, 0.25) is 0 Å². The number of pyridine rings is 1. The van der Waals surface area contributed by atoms with Crippen LogP contribution >= 0.6 is 0 Å². The van der Waals surface area contributed by atoms with Crippen LogP contribution in [0.4, 0.5) is 5.82 Å². The lowest BCUT2D eigenvalue weighted by Gasteiger charge is -2.33. The largest absolute Gasteiger partial charge is 0.349 e. The van der Waals surface area contributed by atoms with Crippen LogP contribution in [0.25, 0.3) is 10.9 Å². The second kappa shape index (κ2) is 4.27. The smallest absolute Gasteiger partial charge is 0.142 e. The number of aromatic nitrogens is 3. The van der Waals surface area contributed by atoms with E-state index in [1.807, 2.05) is 13.8 Å². The zero-order valence-corrected chi connectivity index (χ0v) is 11.9. The minimum Gasteiger partial charge on any atom is -0.349 e. The normalized spacial score (nSPS) is 20.9. The van der Waals surface area contributed by atoms with Gasteiger partial charge in [-0.05, 0) is 39.2 Å². The molecule has 0 radical (unpaired) electrons. The van der Waals surface area contributed by atoms with Crippen LogP contribution in [0, 0.1) is 13.8 Å². The average Bonchev–Trinajstić information content (AvgIpc) is 2.57. The van der Waals surface area contributed by atoms with Gasteiger partial charge >= 0.3 is 0 Å². The Bertz CT molecular complexity index is 715. The molecular formula is C16H18N4. The van der Waals surface area contributed by atoms with Gasteiger partial charge in [0.15, 0.2) is 0 Å². The van der Waals surface area contributed by atoms with E-state index in [0.717, 1.165) is 48.7 Å². The second-order valence-corrected chi connectivity index (χ2v) is 5.75. The lowest BCUT2D eigenvalue weighted by Crippen LogP contribution is -2.37. The fraction of sp³-hybridized carbons (Fsp3) is 0.438. The van der Waals surface area contributed by atoms with Gasteiger partial charge in [0.1, 0.15) is 11.6 Å². The highest BCUT2D eigenvalue weighted by atomic mass is 15.2. The van der Waals surface area contributed by atoms with Crippen LogP contribution in [0.1, 0.15) is 30.1 Å². The lowest BCUT2D eigenvalue weighted by molar-refractivity contribution is 0.558. The SMILES string of the molecule is Cc1cc2nc(C)nc3c2c(n1)CCC1CC=CCN31. The lowest BCUT2D eigenvalue weighted by atomic mass is 10.0. The van der Waals surface area contributed by atoms with Crippen LogP contribution in [-0.4, -0.2) is 27.5 Å². The summed E-state index contributed by atoms with van der Waals surface area (Å²) in [4.78, 5) is 16.6. The van der Waals surface area contributed by atoms with Crippen molar-refractivity contribution in [1.29, 1.82) is 0 Å². The van der Waals surface area contributed by atoms with Crippen LogP contribution < -0.4 is 4.90 Å². The number of hydrogen-bond donors (Lipinski definition) is 0. The summed E-state index contributed by atoms with van der Waals surface area (Å²) >= 11 is 0. The van der Waals surface area contributed by atoms with E-state index in [0.29, 0.717) is 6.04 Å². The molecule has 0 aliphatic carbocycles. The summed E-state index contributed by atoms with van der Waals surface area (Å²) in [6.45, 7) is 4.97. The highest BCUT2D eigenvalue weighted by Gasteiger charge is 2.28. The summed E-state index contributed by atoms with van der Waals surface area (Å²) < 4.78 is 0. The van der Waals surface area contributed by atoms with Crippen molar-refractivity contribution in [2.45, 2.75) is 39.2 Å². The molecule has 0 bridgehead atoms. The average molecular weight is 266 g/mol. The number of aryl methyl sites for hydroxylation is 3. The molecule has 0 N–H and O–H groups in total. The van der Waals surface area contributed by atoms with E-state index in [4.69, 9.17) is 9.97 Å². The van der Waals surface area contributed by atoms with Gasteiger partial charge in [-0.2, -0.15) is 0 Å². The number of nitrogens with zero attached hydrogens (tertiary/aromatic N) is 4. The zero-order chi connectivity index (χ0) is 13.7. The van der Waals surface area contributed by atoms with Gasteiger partial charge in [-0.15, -0.1) is 0 Å². The van der Waals surface area contributed by atoms with E-state index in [1.54, 1.807) is 0 Å². The van der Waals surface area contributed by atoms with Gasteiger partial charge in [0.05, 0.1) is 16.6 Å². The third-order valence-electron chi connectivity index (χ3n) is 4.28. The van der Waals surface area contributed by atoms with Gasteiger partial charge in [-0.1, -0.05) is 12.2 Å². The van der Waals surface area contributed by atoms with Crippen LogP contribution in [-0.2, 0) is 6.42 Å². The third-order valence-corrected chi connectivity index (χ3v) is 4.28. The van der Waals surface area contributed by atoms with Crippen LogP contribution in [0.5, 0.6) is 0 Å². The highest BCUT2D eigenvalue weighted by molar-refractivity contribution is 5.92. The monoisotopic (exact) mass is 266 g/mol. The van der Waals surface area contributed by atoms with E-state index in [9.17, 15) is 0 Å². The molecule has 4 heterocycles. The van der Waals surface area contributed by atoms with Gasteiger partial charge in [0.25, 0.3) is 0 Å². The van der Waals surface area contributed by atoms with E-state index in [-0.39, 0.29) is 0 Å². The number of rotatable bonds is 0. The van der Waals surface area contributed by atoms with Crippen molar-refractivity contribution in [3.05, 3.63) is 35.4 Å². The summed E-state index contributed by atoms with van der Waals surface area (Å²) in [7, 11) is 0. The Labute approximate surface area is 118 Å². The maximum Gasteiger partial charge on any atom is 0.142 e. The van der Waals surface area contributed by atoms with Gasteiger partial charge in [-0.25, -0.2) is 9.97 Å². The first-order chi connectivity index (χ1) is 9.72. The topological polar surface area (TPSA) is 41.9 Å². The number of anilines is 1. The molecule has 4 rings (SSSR count). The Morgan fingerprint density at radius 3 is 2.95 bits per heavy atom. The summed E-state index contributed by atoms with van der Waals surface area (Å²) in [5.74, 6) is 1.93. The Morgan fingerprint density at radius 2 is 2.05 bits per heavy atom. The Kier molecular flexibility index (Phi) is 2.52. The maximum atomic E-state index is 4.75. The first-order valence-electron chi connectivity index (χ1n) is 7.29. The molecular weight excluding hydrogens is 248 g/mol. The predicted octanol–water partition coefficient (Wildman–Crippen LogP) is 2.72. The molecule has 2 aromatic heterocycles. The minimum absolute atomic E-state index is 0.548. The Balaban J connectivity index is 2.04. The molecule has 2 aromatic rings. The molecule has 1 atom stereocenters. The summed E-state index contributed by atoms with van der Waals surface area (Å²) in [5, 5.41) is 1.17. The molecule has 0 saturated carbocycles. The first-order valence-corrected chi connectivity index (χ1v) is 7.29. The summed E-state index contributed by atoms with van der Waals surface area (Å²) in [6.07, 6.45) is 7.81. The molecule has 20 heavy (non-hydrogen) atoms. The Hall–Kier alpha value is -1.97. The Morgan fingerprint density at radius 1 is 1.15 bits per heavy atom. The van der Waals surface area contributed by atoms with Crippen molar-refractivity contribution in [2.24, 2.45) is 0 Å². The number of hydrogen-bond acceptors (Lipinski definition) is 4. The van der Waals surface area contributed by atoms with Gasteiger partial charge in [0, 0.05) is 18.3 Å². The van der Waals surface area contributed by atoms with Crippen LogP contribution in [0.2, 0.25) is 0 Å². The molecule has 0 aromatic carbocycles. The standard InChI is InChI=1S/C16H18N4/c1-10-9-14-15-13(17-10)7-6-12-5-3-4-8-20(12)16(15)19-11(2)18-14/h3-4,9,12H,5-8H2,1-2H3. The molecule has 2 aliphatic rings. The molecule has 0 spiro atoms. The predicted molar refractivity (Wildman–Crippen MR) is 80.0 cm³/mol. The van der Waals surface area contributed by atoms with E-state index in [2.05, 4.69) is 28.1 Å². The molecule has 0 amide bonds. The van der Waals surface area contributed by atoms with Gasteiger partial charge < -0.3 is 4.90 Å². The first kappa shape index (κ1) is 11.8. The maximum absolute atomic E-state index is 4.75. The third kappa shape index (κ3) is 1.71. The molecule has 2 aliphatic heterocycles. The number of fused-ring (bicyclic) bond motifs is 2. The van der Waals surface area contributed by atoms with Gasteiger partial charge in [-0.3, -0.25) is 4.98 Å². The summed E-state index contributed by atoms with van der Waals surface area (Å²) in [5.41, 5.74) is 3.27. The molecule has 0 saturated heterocycles. The van der Waals surface area contributed by atoms with E-state index in [1.165, 1.54) is 11.1 Å². The molecule has 4 nitrogen and oxygen atoms in total. The van der Waals surface area contributed by atoms with Crippen molar-refractivity contribution in [3.63, 3.8) is 0 Å². The zero-order valence-electron chi connectivity index (χ0n) is 11.9. The van der Waals surface area contributed by atoms with Crippen molar-refractivity contribution < 1.29 is 0 Å². The van der Waals surface area contributed by atoms with Crippen molar-refractivity contribution in [3.8, 4) is 0 Å². The molecule has 102 valence electrons. The van der Waals surface area contributed by atoms with E-state index < -0.39 is 0 Å². The van der Waals surface area contributed by atoms with E-state index >= 15 is 0 Å². The molecule has 4 heteroatoms. The highest BCUT2D eigenvalue weighted by Crippen LogP contribution is 2.35. The molecule has 0 fully saturated rings.